The number of nitrogens with zero attached hydrogens (tertiary/aromatic N) is 2. The number of carbonyl (C=O) groups is 1. The molecule has 0 aliphatic rings. The number of carbonyl (C=O) groups excluding carboxylic acids is 1. The normalized spacial score (nSPS) is 10.3. The first-order valence-corrected chi connectivity index (χ1v) is 7.59. The molecule has 0 radical (unpaired) electrons. The van der Waals surface area contributed by atoms with E-state index in [1.165, 1.54) is 0 Å². The summed E-state index contributed by atoms with van der Waals surface area (Å²) in [4.78, 5) is 21.0. The predicted molar refractivity (Wildman–Crippen MR) is 91.2 cm³/mol. The fourth-order valence-electron chi connectivity index (χ4n) is 2.11. The molecule has 2 N–H and O–H groups in total. The fourth-order valence-corrected chi connectivity index (χ4v) is 2.11. The predicted octanol–water partition coefficient (Wildman–Crippen LogP) is 3.18. The highest BCUT2D eigenvalue weighted by Gasteiger charge is 2.13. The van der Waals surface area contributed by atoms with Gasteiger partial charge in [-0.3, -0.25) is 4.79 Å². The first-order chi connectivity index (χ1) is 11.0. The van der Waals surface area contributed by atoms with Gasteiger partial charge >= 0.3 is 0 Å². The van der Waals surface area contributed by atoms with Crippen LogP contribution in [0.25, 0.3) is 0 Å². The minimum absolute atomic E-state index is 0.293. The van der Waals surface area contributed by atoms with Gasteiger partial charge in [0.1, 0.15) is 11.4 Å². The maximum atomic E-state index is 12.5. The molecule has 0 bridgehead atoms. The van der Waals surface area contributed by atoms with Gasteiger partial charge in [-0.05, 0) is 44.0 Å². The third-order valence-corrected chi connectivity index (χ3v) is 3.22. The topological polar surface area (TPSA) is 76.1 Å². The van der Waals surface area contributed by atoms with Gasteiger partial charge in [-0.25, -0.2) is 9.97 Å². The van der Waals surface area contributed by atoms with Crippen molar-refractivity contribution in [2.45, 2.75) is 27.2 Å². The quantitative estimate of drug-likeness (QED) is 0.856. The molecule has 0 saturated heterocycles. The number of aryl methyl sites for hydroxylation is 2. The lowest BCUT2D eigenvalue weighted by atomic mass is 10.2. The van der Waals surface area contributed by atoms with Crippen LogP contribution in [0.1, 0.15) is 35.1 Å². The van der Waals surface area contributed by atoms with E-state index in [4.69, 9.17) is 4.74 Å². The minimum atomic E-state index is -0.293. The SMILES string of the molecule is CCCNc1nc(C)cc(C(=O)Nc2cc(C)ccc2OC)n1. The molecule has 0 saturated carbocycles. The number of methoxy groups -OCH3 is 1. The third kappa shape index (κ3) is 4.42. The molecular weight excluding hydrogens is 292 g/mol. The Morgan fingerprint density at radius 3 is 2.70 bits per heavy atom. The van der Waals surface area contributed by atoms with Gasteiger partial charge in [0.25, 0.3) is 5.91 Å². The van der Waals surface area contributed by atoms with Gasteiger partial charge in [-0.15, -0.1) is 0 Å². The highest BCUT2D eigenvalue weighted by atomic mass is 16.5. The Kier molecular flexibility index (Phi) is 5.51. The standard InChI is InChI=1S/C17H22N4O2/c1-5-8-18-17-19-12(3)10-14(21-17)16(22)20-13-9-11(2)6-7-15(13)23-4/h6-7,9-10H,5,8H2,1-4H3,(H,20,22)(H,18,19,21). The zero-order chi connectivity index (χ0) is 16.8. The summed E-state index contributed by atoms with van der Waals surface area (Å²) < 4.78 is 5.28. The number of anilines is 2. The molecular formula is C17H22N4O2. The summed E-state index contributed by atoms with van der Waals surface area (Å²) in [6.45, 7) is 6.61. The van der Waals surface area contributed by atoms with E-state index in [9.17, 15) is 4.79 Å². The Bertz CT molecular complexity index is 701. The number of amides is 1. The lowest BCUT2D eigenvalue weighted by Crippen LogP contribution is -2.17. The van der Waals surface area contributed by atoms with E-state index >= 15 is 0 Å². The highest BCUT2D eigenvalue weighted by Crippen LogP contribution is 2.25. The van der Waals surface area contributed by atoms with E-state index in [-0.39, 0.29) is 5.91 Å². The lowest BCUT2D eigenvalue weighted by molar-refractivity contribution is 0.102. The Morgan fingerprint density at radius 1 is 1.22 bits per heavy atom. The average Bonchev–Trinajstić information content (AvgIpc) is 2.52. The summed E-state index contributed by atoms with van der Waals surface area (Å²) in [6.07, 6.45) is 0.958. The van der Waals surface area contributed by atoms with E-state index < -0.39 is 0 Å². The zero-order valence-electron chi connectivity index (χ0n) is 13.9. The molecule has 1 amide bonds. The molecule has 2 rings (SSSR count). The lowest BCUT2D eigenvalue weighted by Gasteiger charge is -2.11. The van der Waals surface area contributed by atoms with Gasteiger partial charge in [0.05, 0.1) is 12.8 Å². The summed E-state index contributed by atoms with van der Waals surface area (Å²) >= 11 is 0. The van der Waals surface area contributed by atoms with Crippen LogP contribution in [0.5, 0.6) is 5.75 Å². The summed E-state index contributed by atoms with van der Waals surface area (Å²) in [5, 5.41) is 5.95. The Balaban J connectivity index is 2.24. The second-order valence-electron chi connectivity index (χ2n) is 5.30. The van der Waals surface area contributed by atoms with Crippen molar-refractivity contribution in [2.75, 3.05) is 24.3 Å². The number of benzene rings is 1. The van der Waals surface area contributed by atoms with Crippen LogP contribution in [-0.4, -0.2) is 29.5 Å². The van der Waals surface area contributed by atoms with Crippen LogP contribution in [0.4, 0.5) is 11.6 Å². The molecule has 6 nitrogen and oxygen atoms in total. The average molecular weight is 314 g/mol. The van der Waals surface area contributed by atoms with Crippen LogP contribution in [-0.2, 0) is 0 Å². The molecule has 23 heavy (non-hydrogen) atoms. The molecule has 6 heteroatoms. The van der Waals surface area contributed by atoms with Crippen molar-refractivity contribution < 1.29 is 9.53 Å². The molecule has 0 atom stereocenters. The van der Waals surface area contributed by atoms with Crippen molar-refractivity contribution in [1.29, 1.82) is 0 Å². The second-order valence-corrected chi connectivity index (χ2v) is 5.30. The molecule has 0 aliphatic carbocycles. The zero-order valence-corrected chi connectivity index (χ0v) is 13.9. The summed E-state index contributed by atoms with van der Waals surface area (Å²) in [5.41, 5.74) is 2.71. The summed E-state index contributed by atoms with van der Waals surface area (Å²) in [5.74, 6) is 0.784. The van der Waals surface area contributed by atoms with Crippen LogP contribution in [0, 0.1) is 13.8 Å². The molecule has 1 aromatic heterocycles. The Morgan fingerprint density at radius 2 is 2.00 bits per heavy atom. The van der Waals surface area contributed by atoms with Crippen molar-refractivity contribution in [3.05, 3.63) is 41.2 Å². The van der Waals surface area contributed by atoms with Crippen molar-refractivity contribution in [1.82, 2.24) is 9.97 Å². The second kappa shape index (κ2) is 7.58. The van der Waals surface area contributed by atoms with Crippen LogP contribution in [0.3, 0.4) is 0 Å². The van der Waals surface area contributed by atoms with Gasteiger partial charge < -0.3 is 15.4 Å². The van der Waals surface area contributed by atoms with Crippen molar-refractivity contribution in [3.8, 4) is 5.75 Å². The summed E-state index contributed by atoms with van der Waals surface area (Å²) in [6, 6.07) is 7.27. The Labute approximate surface area is 136 Å². The van der Waals surface area contributed by atoms with Crippen molar-refractivity contribution >= 4 is 17.5 Å². The number of hydrogen-bond donors (Lipinski definition) is 2. The van der Waals surface area contributed by atoms with Crippen molar-refractivity contribution in [3.63, 3.8) is 0 Å². The number of nitrogens with one attached hydrogen (secondary N) is 2. The maximum Gasteiger partial charge on any atom is 0.274 e. The smallest absolute Gasteiger partial charge is 0.274 e. The Hall–Kier alpha value is -2.63. The molecule has 1 heterocycles. The van der Waals surface area contributed by atoms with Crippen LogP contribution in [0.15, 0.2) is 24.3 Å². The van der Waals surface area contributed by atoms with E-state index in [1.807, 2.05) is 32.0 Å². The van der Waals surface area contributed by atoms with Crippen LogP contribution >= 0.6 is 0 Å². The molecule has 0 fully saturated rings. The molecule has 122 valence electrons. The minimum Gasteiger partial charge on any atom is -0.495 e. The van der Waals surface area contributed by atoms with Gasteiger partial charge in [-0.1, -0.05) is 13.0 Å². The van der Waals surface area contributed by atoms with Crippen LogP contribution in [0.2, 0.25) is 0 Å². The van der Waals surface area contributed by atoms with E-state index in [0.717, 1.165) is 24.2 Å². The molecule has 2 aromatic rings. The highest BCUT2D eigenvalue weighted by molar-refractivity contribution is 6.04. The van der Waals surface area contributed by atoms with E-state index in [1.54, 1.807) is 13.2 Å². The fraction of sp³-hybridized carbons (Fsp3) is 0.353. The number of rotatable bonds is 6. The number of hydrogen-bond acceptors (Lipinski definition) is 5. The van der Waals surface area contributed by atoms with Gasteiger partial charge in [0.2, 0.25) is 5.95 Å². The molecule has 1 aromatic carbocycles. The third-order valence-electron chi connectivity index (χ3n) is 3.22. The molecule has 0 aliphatic heterocycles. The largest absolute Gasteiger partial charge is 0.495 e. The first kappa shape index (κ1) is 16.7. The number of ether oxygens (including phenoxy) is 1. The number of aromatic nitrogens is 2. The van der Waals surface area contributed by atoms with E-state index in [2.05, 4.69) is 27.5 Å². The first-order valence-electron chi connectivity index (χ1n) is 7.59. The van der Waals surface area contributed by atoms with Gasteiger partial charge in [0, 0.05) is 12.2 Å². The molecule has 0 spiro atoms. The van der Waals surface area contributed by atoms with Crippen LogP contribution < -0.4 is 15.4 Å². The van der Waals surface area contributed by atoms with E-state index in [0.29, 0.717) is 23.1 Å². The maximum absolute atomic E-state index is 12.5. The molecule has 0 unspecified atom stereocenters. The van der Waals surface area contributed by atoms with Gasteiger partial charge in [-0.2, -0.15) is 0 Å². The monoisotopic (exact) mass is 314 g/mol. The summed E-state index contributed by atoms with van der Waals surface area (Å²) in [7, 11) is 1.57. The van der Waals surface area contributed by atoms with Crippen molar-refractivity contribution in [2.24, 2.45) is 0 Å². The van der Waals surface area contributed by atoms with Gasteiger partial charge in [0.15, 0.2) is 0 Å².